The first-order valence-corrected chi connectivity index (χ1v) is 13.1. The number of likely N-dealkylation sites (tertiary alicyclic amines) is 1. The fourth-order valence-electron chi connectivity index (χ4n) is 5.20. The number of amides is 2. The number of hydrogen-bond acceptors (Lipinski definition) is 4. The summed E-state index contributed by atoms with van der Waals surface area (Å²) in [6.45, 7) is 7.41. The molecule has 1 aromatic heterocycles. The highest BCUT2D eigenvalue weighted by Gasteiger charge is 2.30. The fourth-order valence-corrected chi connectivity index (χ4v) is 5.20. The number of aromatic nitrogens is 1. The van der Waals surface area contributed by atoms with Crippen molar-refractivity contribution in [3.8, 4) is 11.5 Å². The van der Waals surface area contributed by atoms with E-state index >= 15 is 0 Å². The van der Waals surface area contributed by atoms with E-state index in [0.717, 1.165) is 41.6 Å². The minimum atomic E-state index is -0.121. The Morgan fingerprint density at radius 3 is 2.54 bits per heavy atom. The average Bonchev–Trinajstić information content (AvgIpc) is 3.37. The molecule has 1 saturated heterocycles. The lowest BCUT2D eigenvalue weighted by Gasteiger charge is -2.34. The van der Waals surface area contributed by atoms with E-state index in [9.17, 15) is 9.59 Å². The van der Waals surface area contributed by atoms with Crippen molar-refractivity contribution < 1.29 is 14.0 Å². The van der Waals surface area contributed by atoms with Gasteiger partial charge in [0.25, 0.3) is 5.91 Å². The standard InChI is InChI=1S/C31H33N3O3/c1-4-22-12-8-9-20(2)28(22)33-29(35)21(3)23-15-17-34(18-16-23)31(36)25-13-14-27-26(19-25)32-30(37-27)24-10-6-5-7-11-24/h5-14,19,21,23H,4,15-18H2,1-3H3,(H,33,35)/t21-/m1/s1. The van der Waals surface area contributed by atoms with E-state index in [1.807, 2.05) is 73.3 Å². The molecule has 6 heteroatoms. The highest BCUT2D eigenvalue weighted by atomic mass is 16.3. The molecule has 0 saturated carbocycles. The molecule has 0 spiro atoms. The number of rotatable bonds is 6. The van der Waals surface area contributed by atoms with Crippen molar-refractivity contribution in [3.05, 3.63) is 83.4 Å². The van der Waals surface area contributed by atoms with E-state index < -0.39 is 0 Å². The van der Waals surface area contributed by atoms with Crippen molar-refractivity contribution in [2.24, 2.45) is 11.8 Å². The average molecular weight is 496 g/mol. The summed E-state index contributed by atoms with van der Waals surface area (Å²) in [5.41, 5.74) is 6.02. The summed E-state index contributed by atoms with van der Waals surface area (Å²) in [4.78, 5) is 32.8. The second-order valence-corrected chi connectivity index (χ2v) is 9.94. The molecule has 1 atom stereocenters. The lowest BCUT2D eigenvalue weighted by molar-refractivity contribution is -0.121. The molecule has 1 aliphatic heterocycles. The summed E-state index contributed by atoms with van der Waals surface area (Å²) in [7, 11) is 0. The number of nitrogens with one attached hydrogen (secondary N) is 1. The number of aryl methyl sites for hydroxylation is 2. The predicted molar refractivity (Wildman–Crippen MR) is 146 cm³/mol. The third kappa shape index (κ3) is 5.15. The van der Waals surface area contributed by atoms with Crippen LogP contribution in [0.15, 0.2) is 71.1 Å². The monoisotopic (exact) mass is 495 g/mol. The molecule has 4 aromatic rings. The molecule has 6 nitrogen and oxygen atoms in total. The number of nitrogens with zero attached hydrogens (tertiary/aromatic N) is 2. The third-order valence-electron chi connectivity index (χ3n) is 7.59. The number of para-hydroxylation sites is 1. The van der Waals surface area contributed by atoms with Gasteiger partial charge >= 0.3 is 0 Å². The maximum Gasteiger partial charge on any atom is 0.253 e. The molecule has 3 aromatic carbocycles. The first-order chi connectivity index (χ1) is 17.9. The quantitative estimate of drug-likeness (QED) is 0.332. The van der Waals surface area contributed by atoms with Crippen LogP contribution in [0.2, 0.25) is 0 Å². The number of fused-ring (bicyclic) bond motifs is 1. The second kappa shape index (κ2) is 10.6. The molecule has 190 valence electrons. The summed E-state index contributed by atoms with van der Waals surface area (Å²) in [6.07, 6.45) is 2.48. The van der Waals surface area contributed by atoms with Gasteiger partial charge in [0.1, 0.15) is 5.52 Å². The second-order valence-electron chi connectivity index (χ2n) is 9.94. The van der Waals surface area contributed by atoms with Gasteiger partial charge in [-0.05, 0) is 73.6 Å². The van der Waals surface area contributed by atoms with Crippen molar-refractivity contribution in [1.29, 1.82) is 0 Å². The molecule has 0 aliphatic carbocycles. The number of carbonyl (C=O) groups excluding carboxylic acids is 2. The van der Waals surface area contributed by atoms with E-state index in [4.69, 9.17) is 4.42 Å². The van der Waals surface area contributed by atoms with Gasteiger partial charge in [0.2, 0.25) is 11.8 Å². The molecule has 0 unspecified atom stereocenters. The summed E-state index contributed by atoms with van der Waals surface area (Å²) in [6, 6.07) is 21.3. The Kier molecular flexibility index (Phi) is 7.08. The molecule has 0 radical (unpaired) electrons. The molecular formula is C31H33N3O3. The smallest absolute Gasteiger partial charge is 0.253 e. The van der Waals surface area contributed by atoms with E-state index in [0.29, 0.717) is 35.6 Å². The Morgan fingerprint density at radius 2 is 1.81 bits per heavy atom. The molecule has 2 amide bonds. The van der Waals surface area contributed by atoms with Crippen LogP contribution in [0.5, 0.6) is 0 Å². The van der Waals surface area contributed by atoms with E-state index in [2.05, 4.69) is 23.3 Å². The van der Waals surface area contributed by atoms with E-state index in [1.165, 1.54) is 0 Å². The number of anilines is 1. The molecule has 2 heterocycles. The lowest BCUT2D eigenvalue weighted by Crippen LogP contribution is -2.41. The van der Waals surface area contributed by atoms with Crippen LogP contribution in [0.25, 0.3) is 22.6 Å². The highest BCUT2D eigenvalue weighted by Crippen LogP contribution is 2.30. The van der Waals surface area contributed by atoms with E-state index in [-0.39, 0.29) is 23.7 Å². The van der Waals surface area contributed by atoms with Crippen LogP contribution < -0.4 is 5.32 Å². The number of oxazole rings is 1. The van der Waals surface area contributed by atoms with Crippen molar-refractivity contribution in [2.45, 2.75) is 40.0 Å². The molecule has 5 rings (SSSR count). The summed E-state index contributed by atoms with van der Waals surface area (Å²) in [5.74, 6) is 0.716. The zero-order valence-electron chi connectivity index (χ0n) is 21.7. The topological polar surface area (TPSA) is 75.4 Å². The minimum absolute atomic E-state index is 0.00536. The molecule has 37 heavy (non-hydrogen) atoms. The largest absolute Gasteiger partial charge is 0.436 e. The maximum atomic E-state index is 13.3. The first-order valence-electron chi connectivity index (χ1n) is 13.1. The van der Waals surface area contributed by atoms with Crippen molar-refractivity contribution >= 4 is 28.6 Å². The lowest BCUT2D eigenvalue weighted by atomic mass is 9.84. The summed E-state index contributed by atoms with van der Waals surface area (Å²) < 4.78 is 5.89. The summed E-state index contributed by atoms with van der Waals surface area (Å²) >= 11 is 0. The minimum Gasteiger partial charge on any atom is -0.436 e. The van der Waals surface area contributed by atoms with Gasteiger partial charge in [-0.1, -0.05) is 50.2 Å². The van der Waals surface area contributed by atoms with Crippen LogP contribution in [-0.4, -0.2) is 34.8 Å². The third-order valence-corrected chi connectivity index (χ3v) is 7.59. The van der Waals surface area contributed by atoms with Gasteiger partial charge < -0.3 is 14.6 Å². The van der Waals surface area contributed by atoms with Gasteiger partial charge in [0.15, 0.2) is 5.58 Å². The van der Waals surface area contributed by atoms with Crippen LogP contribution in [0, 0.1) is 18.8 Å². The fraction of sp³-hybridized carbons (Fsp3) is 0.323. The van der Waals surface area contributed by atoms with Gasteiger partial charge in [-0.2, -0.15) is 0 Å². The molecule has 1 N–H and O–H groups in total. The molecule has 0 bridgehead atoms. The Balaban J connectivity index is 1.22. The number of carbonyl (C=O) groups is 2. The van der Waals surface area contributed by atoms with Crippen molar-refractivity contribution in [3.63, 3.8) is 0 Å². The Morgan fingerprint density at radius 1 is 1.05 bits per heavy atom. The number of benzene rings is 3. The molecular weight excluding hydrogens is 462 g/mol. The highest BCUT2D eigenvalue weighted by molar-refractivity contribution is 5.97. The van der Waals surface area contributed by atoms with Gasteiger partial charge in [-0.3, -0.25) is 9.59 Å². The zero-order chi connectivity index (χ0) is 25.9. The van der Waals surface area contributed by atoms with Gasteiger partial charge in [0.05, 0.1) is 0 Å². The van der Waals surface area contributed by atoms with Crippen molar-refractivity contribution in [2.75, 3.05) is 18.4 Å². The van der Waals surface area contributed by atoms with Crippen molar-refractivity contribution in [1.82, 2.24) is 9.88 Å². The Hall–Kier alpha value is -3.93. The number of piperidine rings is 1. The van der Waals surface area contributed by atoms with Crippen LogP contribution in [-0.2, 0) is 11.2 Å². The molecule has 1 aliphatic rings. The van der Waals surface area contributed by atoms with Gasteiger partial charge in [0, 0.05) is 35.8 Å². The Labute approximate surface area is 217 Å². The van der Waals surface area contributed by atoms with Crippen LogP contribution in [0.3, 0.4) is 0 Å². The summed E-state index contributed by atoms with van der Waals surface area (Å²) in [5, 5.41) is 3.18. The number of hydrogen-bond donors (Lipinski definition) is 1. The van der Waals surface area contributed by atoms with E-state index in [1.54, 1.807) is 6.07 Å². The Bertz CT molecular complexity index is 1420. The maximum absolute atomic E-state index is 13.3. The van der Waals surface area contributed by atoms with Crippen LogP contribution in [0.1, 0.15) is 48.2 Å². The predicted octanol–water partition coefficient (Wildman–Crippen LogP) is 6.49. The van der Waals surface area contributed by atoms with Gasteiger partial charge in [-0.15, -0.1) is 0 Å². The molecule has 1 fully saturated rings. The zero-order valence-corrected chi connectivity index (χ0v) is 21.7. The SMILES string of the molecule is CCc1cccc(C)c1NC(=O)[C@H](C)C1CCN(C(=O)c2ccc3oc(-c4ccccc4)nc3c2)CC1. The van der Waals surface area contributed by atoms with Gasteiger partial charge in [-0.25, -0.2) is 4.98 Å². The van der Waals surface area contributed by atoms with Crippen LogP contribution in [0.4, 0.5) is 5.69 Å². The first kappa shape index (κ1) is 24.8. The van der Waals surface area contributed by atoms with Crippen LogP contribution >= 0.6 is 0 Å². The normalized spacial score (nSPS) is 15.1.